The average Bonchev–Trinajstić information content (AvgIpc) is 3.02. The number of carbonyl (C=O) groups is 4. The Morgan fingerprint density at radius 1 is 0.972 bits per heavy atom. The first-order valence-corrected chi connectivity index (χ1v) is 11.6. The van der Waals surface area contributed by atoms with Gasteiger partial charge in [0.05, 0.1) is 41.0 Å². The summed E-state index contributed by atoms with van der Waals surface area (Å²) in [6, 6.07) is 14.7. The van der Waals surface area contributed by atoms with Gasteiger partial charge in [-0.05, 0) is 50.2 Å². The van der Waals surface area contributed by atoms with Crippen LogP contribution >= 0.6 is 0 Å². The first-order chi connectivity index (χ1) is 17.3. The molecule has 5 rings (SSSR count). The standard InChI is InChI=1S/C27H24N4O5/c1-16(2)30-14-18(15-31-25(33)19-8-3-4-9-20(19)26(31)34)36-23-21(27(30)35)10-5-11-22(23)29-24(32)17-7-6-12-28-13-17/h3-13,16,18H,14-15H2,1-2H3,(H,29,32). The molecule has 3 aromatic rings. The summed E-state index contributed by atoms with van der Waals surface area (Å²) in [5.74, 6) is -1.27. The summed E-state index contributed by atoms with van der Waals surface area (Å²) in [6.45, 7) is 3.88. The van der Waals surface area contributed by atoms with E-state index in [-0.39, 0.29) is 36.4 Å². The minimum atomic E-state index is -0.712. The molecule has 0 saturated heterocycles. The fraction of sp³-hybridized carbons (Fsp3) is 0.222. The van der Waals surface area contributed by atoms with Crippen molar-refractivity contribution in [2.75, 3.05) is 18.4 Å². The van der Waals surface area contributed by atoms with E-state index in [1.54, 1.807) is 65.7 Å². The first-order valence-electron chi connectivity index (χ1n) is 11.6. The summed E-state index contributed by atoms with van der Waals surface area (Å²) in [6.07, 6.45) is 2.29. The number of anilines is 1. The van der Waals surface area contributed by atoms with Crippen LogP contribution < -0.4 is 10.1 Å². The van der Waals surface area contributed by atoms with E-state index >= 15 is 0 Å². The van der Waals surface area contributed by atoms with Gasteiger partial charge in [0, 0.05) is 18.4 Å². The molecule has 1 atom stereocenters. The Hall–Kier alpha value is -4.53. The second-order valence-electron chi connectivity index (χ2n) is 8.94. The van der Waals surface area contributed by atoms with Crippen LogP contribution in [0.5, 0.6) is 5.75 Å². The maximum absolute atomic E-state index is 13.5. The number of fused-ring (bicyclic) bond motifs is 2. The molecule has 36 heavy (non-hydrogen) atoms. The Kier molecular flexibility index (Phi) is 5.97. The Labute approximate surface area is 207 Å². The molecular formula is C27H24N4O5. The van der Waals surface area contributed by atoms with Crippen LogP contribution in [0.15, 0.2) is 67.0 Å². The smallest absolute Gasteiger partial charge is 0.261 e. The largest absolute Gasteiger partial charge is 0.484 e. The van der Waals surface area contributed by atoms with Gasteiger partial charge in [0.15, 0.2) is 5.75 Å². The molecule has 0 aliphatic carbocycles. The average molecular weight is 485 g/mol. The summed E-state index contributed by atoms with van der Waals surface area (Å²) in [5, 5.41) is 2.80. The van der Waals surface area contributed by atoms with Gasteiger partial charge in [-0.2, -0.15) is 0 Å². The molecular weight excluding hydrogens is 460 g/mol. The molecule has 0 bridgehead atoms. The fourth-order valence-corrected chi connectivity index (χ4v) is 4.43. The molecule has 2 aromatic carbocycles. The van der Waals surface area contributed by atoms with E-state index in [2.05, 4.69) is 10.3 Å². The maximum atomic E-state index is 13.5. The Morgan fingerprint density at radius 3 is 2.31 bits per heavy atom. The lowest BCUT2D eigenvalue weighted by Gasteiger charge is -2.29. The number of para-hydroxylation sites is 1. The molecule has 0 fully saturated rings. The highest BCUT2D eigenvalue weighted by Crippen LogP contribution is 2.35. The predicted octanol–water partition coefficient (Wildman–Crippen LogP) is 3.24. The minimum absolute atomic E-state index is 0.0484. The number of carbonyl (C=O) groups excluding carboxylic acids is 4. The number of hydrogen-bond donors (Lipinski definition) is 1. The van der Waals surface area contributed by atoms with Crippen molar-refractivity contribution in [3.8, 4) is 5.75 Å². The summed E-state index contributed by atoms with van der Waals surface area (Å²) < 4.78 is 6.29. The molecule has 4 amide bonds. The Balaban J connectivity index is 1.48. The van der Waals surface area contributed by atoms with Crippen molar-refractivity contribution < 1.29 is 23.9 Å². The molecule has 9 nitrogen and oxygen atoms in total. The number of benzene rings is 2. The number of imide groups is 1. The molecule has 3 heterocycles. The van der Waals surface area contributed by atoms with Crippen LogP contribution in [0, 0.1) is 0 Å². The SMILES string of the molecule is CC(C)N1CC(CN2C(=O)c3ccccc3C2=O)Oc2c(NC(=O)c3cccnc3)cccc2C1=O. The molecule has 9 heteroatoms. The highest BCUT2D eigenvalue weighted by atomic mass is 16.5. The first kappa shape index (κ1) is 23.2. The van der Waals surface area contributed by atoms with Gasteiger partial charge in [-0.15, -0.1) is 0 Å². The van der Waals surface area contributed by atoms with Crippen LogP contribution in [0.2, 0.25) is 0 Å². The zero-order valence-corrected chi connectivity index (χ0v) is 19.8. The number of pyridine rings is 1. The van der Waals surface area contributed by atoms with Crippen LogP contribution in [0.4, 0.5) is 5.69 Å². The number of hydrogen-bond acceptors (Lipinski definition) is 6. The Morgan fingerprint density at radius 2 is 1.67 bits per heavy atom. The number of nitrogens with zero attached hydrogens (tertiary/aromatic N) is 3. The lowest BCUT2D eigenvalue weighted by Crippen LogP contribution is -2.47. The molecule has 0 radical (unpaired) electrons. The summed E-state index contributed by atoms with van der Waals surface area (Å²) in [5.41, 5.74) is 1.64. The normalized spacial score (nSPS) is 17.0. The molecule has 0 saturated carbocycles. The minimum Gasteiger partial charge on any atom is -0.484 e. The van der Waals surface area contributed by atoms with E-state index < -0.39 is 23.8 Å². The van der Waals surface area contributed by atoms with Gasteiger partial charge in [-0.3, -0.25) is 29.1 Å². The van der Waals surface area contributed by atoms with Gasteiger partial charge in [0.1, 0.15) is 6.10 Å². The van der Waals surface area contributed by atoms with E-state index in [1.165, 1.54) is 6.20 Å². The second-order valence-corrected chi connectivity index (χ2v) is 8.94. The second kappa shape index (κ2) is 9.26. The third-order valence-corrected chi connectivity index (χ3v) is 6.25. The summed E-state index contributed by atoms with van der Waals surface area (Å²) in [7, 11) is 0. The molecule has 1 N–H and O–H groups in total. The zero-order chi connectivity index (χ0) is 25.4. The van der Waals surface area contributed by atoms with Crippen molar-refractivity contribution in [1.82, 2.24) is 14.8 Å². The van der Waals surface area contributed by atoms with Gasteiger partial charge in [0.2, 0.25) is 0 Å². The van der Waals surface area contributed by atoms with Crippen LogP contribution in [0.3, 0.4) is 0 Å². The molecule has 182 valence electrons. The third kappa shape index (κ3) is 4.08. The number of nitrogens with one attached hydrogen (secondary N) is 1. The topological polar surface area (TPSA) is 109 Å². The third-order valence-electron chi connectivity index (χ3n) is 6.25. The molecule has 2 aliphatic heterocycles. The van der Waals surface area contributed by atoms with Gasteiger partial charge in [-0.25, -0.2) is 0 Å². The van der Waals surface area contributed by atoms with Crippen molar-refractivity contribution in [1.29, 1.82) is 0 Å². The molecule has 1 aromatic heterocycles. The van der Waals surface area contributed by atoms with E-state index in [1.807, 2.05) is 13.8 Å². The highest BCUT2D eigenvalue weighted by Gasteiger charge is 2.39. The van der Waals surface area contributed by atoms with Crippen molar-refractivity contribution in [2.45, 2.75) is 26.0 Å². The zero-order valence-electron chi connectivity index (χ0n) is 19.8. The van der Waals surface area contributed by atoms with Crippen LogP contribution in [-0.4, -0.2) is 63.6 Å². The van der Waals surface area contributed by atoms with Gasteiger partial charge >= 0.3 is 0 Å². The summed E-state index contributed by atoms with van der Waals surface area (Å²) in [4.78, 5) is 59.0. The number of amides is 4. The fourth-order valence-electron chi connectivity index (χ4n) is 4.43. The highest BCUT2D eigenvalue weighted by molar-refractivity contribution is 6.21. The molecule has 2 aliphatic rings. The predicted molar refractivity (Wildman–Crippen MR) is 131 cm³/mol. The number of aromatic nitrogens is 1. The van der Waals surface area contributed by atoms with Crippen LogP contribution in [-0.2, 0) is 0 Å². The Bertz CT molecular complexity index is 1340. The van der Waals surface area contributed by atoms with E-state index in [9.17, 15) is 19.2 Å². The van der Waals surface area contributed by atoms with Crippen molar-refractivity contribution >= 4 is 29.3 Å². The van der Waals surface area contributed by atoms with Gasteiger partial charge in [0.25, 0.3) is 23.6 Å². The van der Waals surface area contributed by atoms with E-state index in [4.69, 9.17) is 4.74 Å². The van der Waals surface area contributed by atoms with Crippen LogP contribution in [0.1, 0.15) is 55.3 Å². The molecule has 1 unspecified atom stereocenters. The number of ether oxygens (including phenoxy) is 1. The van der Waals surface area contributed by atoms with Gasteiger partial charge in [-0.1, -0.05) is 18.2 Å². The van der Waals surface area contributed by atoms with Crippen molar-refractivity contribution in [3.05, 3.63) is 89.2 Å². The van der Waals surface area contributed by atoms with Crippen molar-refractivity contribution in [3.63, 3.8) is 0 Å². The maximum Gasteiger partial charge on any atom is 0.261 e. The summed E-state index contributed by atoms with van der Waals surface area (Å²) >= 11 is 0. The van der Waals surface area contributed by atoms with E-state index in [0.717, 1.165) is 4.90 Å². The van der Waals surface area contributed by atoms with Gasteiger partial charge < -0.3 is 15.0 Å². The van der Waals surface area contributed by atoms with E-state index in [0.29, 0.717) is 22.4 Å². The quantitative estimate of drug-likeness (QED) is 0.557. The number of rotatable bonds is 5. The lowest BCUT2D eigenvalue weighted by atomic mass is 10.1. The van der Waals surface area contributed by atoms with Crippen molar-refractivity contribution in [2.24, 2.45) is 0 Å². The lowest BCUT2D eigenvalue weighted by molar-refractivity contribution is 0.0499. The van der Waals surface area contributed by atoms with Crippen LogP contribution in [0.25, 0.3) is 0 Å². The molecule has 0 spiro atoms. The monoisotopic (exact) mass is 484 g/mol.